The fourth-order valence-corrected chi connectivity index (χ4v) is 1.22. The predicted molar refractivity (Wildman–Crippen MR) is 42.0 cm³/mol. The smallest absolute Gasteiger partial charge is 0.272 e. The van der Waals surface area contributed by atoms with Crippen molar-refractivity contribution >= 4 is 11.6 Å². The molecule has 2 rings (SSSR count). The maximum Gasteiger partial charge on any atom is 0.272 e. The van der Waals surface area contributed by atoms with Crippen molar-refractivity contribution in [1.82, 2.24) is 4.90 Å². The van der Waals surface area contributed by atoms with Gasteiger partial charge in [0.25, 0.3) is 5.91 Å². The molecule has 0 radical (unpaired) electrons. The molecule has 1 atom stereocenters. The lowest BCUT2D eigenvalue weighted by atomic mass is 10.0. The van der Waals surface area contributed by atoms with Crippen LogP contribution in [0.2, 0.25) is 0 Å². The molecule has 2 aliphatic rings. The SMILES string of the molecule is CN1C=CC2C=CN=C2C1=O. The number of hydrogen-bond acceptors (Lipinski definition) is 2. The third-order valence-corrected chi connectivity index (χ3v) is 1.88. The summed E-state index contributed by atoms with van der Waals surface area (Å²) < 4.78 is 0. The average Bonchev–Trinajstić information content (AvgIpc) is 2.45. The van der Waals surface area contributed by atoms with E-state index in [2.05, 4.69) is 4.99 Å². The number of rotatable bonds is 0. The summed E-state index contributed by atoms with van der Waals surface area (Å²) in [6.45, 7) is 0. The summed E-state index contributed by atoms with van der Waals surface area (Å²) in [5.41, 5.74) is 0.634. The number of fused-ring (bicyclic) bond motifs is 1. The van der Waals surface area contributed by atoms with E-state index in [4.69, 9.17) is 0 Å². The van der Waals surface area contributed by atoms with E-state index in [1.165, 1.54) is 0 Å². The van der Waals surface area contributed by atoms with Crippen molar-refractivity contribution in [2.75, 3.05) is 7.05 Å². The van der Waals surface area contributed by atoms with Gasteiger partial charge in [0.1, 0.15) is 5.71 Å². The van der Waals surface area contributed by atoms with E-state index in [9.17, 15) is 4.79 Å². The van der Waals surface area contributed by atoms with Crippen molar-refractivity contribution in [3.8, 4) is 0 Å². The van der Waals surface area contributed by atoms with Crippen LogP contribution in [0.5, 0.6) is 0 Å². The maximum absolute atomic E-state index is 11.3. The summed E-state index contributed by atoms with van der Waals surface area (Å²) in [6.07, 6.45) is 7.34. The third kappa shape index (κ3) is 0.808. The van der Waals surface area contributed by atoms with E-state index < -0.39 is 0 Å². The molecule has 0 spiro atoms. The normalized spacial score (nSPS) is 27.4. The Morgan fingerprint density at radius 2 is 2.36 bits per heavy atom. The average molecular weight is 148 g/mol. The third-order valence-electron chi connectivity index (χ3n) is 1.88. The molecule has 3 nitrogen and oxygen atoms in total. The van der Waals surface area contributed by atoms with Crippen LogP contribution >= 0.6 is 0 Å². The molecule has 0 aromatic rings. The monoisotopic (exact) mass is 148 g/mol. The second-order valence-electron chi connectivity index (χ2n) is 2.64. The van der Waals surface area contributed by atoms with Crippen LogP contribution in [-0.4, -0.2) is 23.6 Å². The van der Waals surface area contributed by atoms with Crippen LogP contribution in [0, 0.1) is 5.92 Å². The molecule has 0 aromatic heterocycles. The standard InChI is InChI=1S/C8H8N2O/c1-10-5-3-6-2-4-9-7(6)8(10)11/h2-6H,1H3. The minimum absolute atomic E-state index is 0.00231. The largest absolute Gasteiger partial charge is 0.317 e. The van der Waals surface area contributed by atoms with Crippen molar-refractivity contribution in [1.29, 1.82) is 0 Å². The number of hydrogen-bond donors (Lipinski definition) is 0. The quantitative estimate of drug-likeness (QED) is 0.494. The Morgan fingerprint density at radius 1 is 1.55 bits per heavy atom. The van der Waals surface area contributed by atoms with Crippen LogP contribution in [0.25, 0.3) is 0 Å². The Labute approximate surface area is 64.7 Å². The predicted octanol–water partition coefficient (Wildman–Crippen LogP) is 0.557. The van der Waals surface area contributed by atoms with Gasteiger partial charge in [-0.25, -0.2) is 0 Å². The molecule has 0 saturated carbocycles. The van der Waals surface area contributed by atoms with E-state index >= 15 is 0 Å². The molecule has 0 fully saturated rings. The van der Waals surface area contributed by atoms with Crippen LogP contribution in [0.1, 0.15) is 0 Å². The molecule has 2 heterocycles. The highest BCUT2D eigenvalue weighted by Gasteiger charge is 2.26. The van der Waals surface area contributed by atoms with Gasteiger partial charge < -0.3 is 4.90 Å². The van der Waals surface area contributed by atoms with Crippen molar-refractivity contribution in [3.63, 3.8) is 0 Å². The number of carbonyl (C=O) groups excluding carboxylic acids is 1. The van der Waals surface area contributed by atoms with Gasteiger partial charge in [0.05, 0.1) is 0 Å². The van der Waals surface area contributed by atoms with Crippen LogP contribution in [0.4, 0.5) is 0 Å². The highest BCUT2D eigenvalue weighted by atomic mass is 16.2. The van der Waals surface area contributed by atoms with Crippen LogP contribution in [0.15, 0.2) is 29.5 Å². The van der Waals surface area contributed by atoms with Gasteiger partial charge in [-0.05, 0) is 0 Å². The number of carbonyl (C=O) groups is 1. The summed E-state index contributed by atoms with van der Waals surface area (Å²) >= 11 is 0. The number of aliphatic imine (C=N–C) groups is 1. The zero-order valence-corrected chi connectivity index (χ0v) is 6.19. The number of amides is 1. The molecule has 0 saturated heterocycles. The van der Waals surface area contributed by atoms with E-state index in [1.54, 1.807) is 24.3 Å². The van der Waals surface area contributed by atoms with Gasteiger partial charge in [0, 0.05) is 25.4 Å². The van der Waals surface area contributed by atoms with Crippen molar-refractivity contribution in [3.05, 3.63) is 24.6 Å². The molecular weight excluding hydrogens is 140 g/mol. The lowest BCUT2D eigenvalue weighted by molar-refractivity contribution is -0.121. The van der Waals surface area contributed by atoms with E-state index in [-0.39, 0.29) is 11.8 Å². The fourth-order valence-electron chi connectivity index (χ4n) is 1.22. The lowest BCUT2D eigenvalue weighted by Gasteiger charge is -2.19. The Hall–Kier alpha value is -1.38. The van der Waals surface area contributed by atoms with Gasteiger partial charge in [-0.2, -0.15) is 0 Å². The first kappa shape index (κ1) is 6.34. The van der Waals surface area contributed by atoms with Gasteiger partial charge in [0.2, 0.25) is 0 Å². The zero-order chi connectivity index (χ0) is 7.84. The summed E-state index contributed by atoms with van der Waals surface area (Å²) in [5.74, 6) is 0.126. The molecule has 0 aromatic carbocycles. The molecule has 0 N–H and O–H groups in total. The van der Waals surface area contributed by atoms with Crippen molar-refractivity contribution < 1.29 is 4.79 Å². The summed E-state index contributed by atoms with van der Waals surface area (Å²) in [4.78, 5) is 16.8. The first-order chi connectivity index (χ1) is 5.29. The molecule has 1 amide bonds. The molecule has 2 aliphatic heterocycles. The van der Waals surface area contributed by atoms with Crippen molar-refractivity contribution in [2.45, 2.75) is 0 Å². The second kappa shape index (κ2) is 2.05. The molecule has 1 unspecified atom stereocenters. The first-order valence-electron chi connectivity index (χ1n) is 3.49. The highest BCUT2D eigenvalue weighted by molar-refractivity contribution is 6.41. The fraction of sp³-hybridized carbons (Fsp3) is 0.250. The van der Waals surface area contributed by atoms with Gasteiger partial charge in [-0.1, -0.05) is 12.2 Å². The minimum atomic E-state index is 0.00231. The first-order valence-corrected chi connectivity index (χ1v) is 3.49. The Kier molecular flexibility index (Phi) is 1.18. The molecule has 0 aliphatic carbocycles. The van der Waals surface area contributed by atoms with E-state index in [0.717, 1.165) is 0 Å². The van der Waals surface area contributed by atoms with Crippen LogP contribution in [0.3, 0.4) is 0 Å². The number of allylic oxidation sites excluding steroid dienone is 2. The van der Waals surface area contributed by atoms with Crippen LogP contribution < -0.4 is 0 Å². The van der Waals surface area contributed by atoms with Crippen molar-refractivity contribution in [2.24, 2.45) is 10.9 Å². The highest BCUT2D eigenvalue weighted by Crippen LogP contribution is 2.17. The van der Waals surface area contributed by atoms with E-state index in [0.29, 0.717) is 5.71 Å². The zero-order valence-electron chi connectivity index (χ0n) is 6.19. The summed E-state index contributed by atoms with van der Waals surface area (Å²) in [7, 11) is 1.73. The van der Waals surface area contributed by atoms with Gasteiger partial charge in [-0.3, -0.25) is 9.79 Å². The van der Waals surface area contributed by atoms with Gasteiger partial charge in [0.15, 0.2) is 0 Å². The van der Waals surface area contributed by atoms with Crippen LogP contribution in [-0.2, 0) is 4.79 Å². The van der Waals surface area contributed by atoms with Gasteiger partial charge in [-0.15, -0.1) is 0 Å². The Morgan fingerprint density at radius 3 is 3.18 bits per heavy atom. The Bertz CT molecular complexity index is 288. The topological polar surface area (TPSA) is 32.7 Å². The van der Waals surface area contributed by atoms with E-state index in [1.807, 2.05) is 12.2 Å². The van der Waals surface area contributed by atoms with Gasteiger partial charge >= 0.3 is 0 Å². The minimum Gasteiger partial charge on any atom is -0.317 e. The molecule has 3 heteroatoms. The Balaban J connectivity index is 2.41. The maximum atomic E-state index is 11.3. The molecular formula is C8H8N2O. The molecule has 56 valence electrons. The second-order valence-corrected chi connectivity index (χ2v) is 2.64. The number of nitrogens with zero attached hydrogens (tertiary/aromatic N) is 2. The summed E-state index contributed by atoms with van der Waals surface area (Å²) in [6, 6.07) is 0. The summed E-state index contributed by atoms with van der Waals surface area (Å²) in [5, 5.41) is 0. The lowest BCUT2D eigenvalue weighted by Crippen LogP contribution is -2.35. The molecule has 11 heavy (non-hydrogen) atoms. The molecule has 0 bridgehead atoms.